The van der Waals surface area contributed by atoms with E-state index in [9.17, 15) is 9.59 Å². The van der Waals surface area contributed by atoms with Gasteiger partial charge in [-0.3, -0.25) is 9.59 Å². The summed E-state index contributed by atoms with van der Waals surface area (Å²) in [5.74, 6) is -0.0564. The maximum Gasteiger partial charge on any atom is 0.227 e. The fourth-order valence-corrected chi connectivity index (χ4v) is 2.09. The third-order valence-electron chi connectivity index (χ3n) is 3.22. The number of nitrogens with zero attached hydrogens (tertiary/aromatic N) is 2. The van der Waals surface area contributed by atoms with Crippen molar-refractivity contribution in [3.8, 4) is 0 Å². The second kappa shape index (κ2) is 6.59. The molecule has 1 heterocycles. The molecule has 0 aromatic carbocycles. The Bertz CT molecular complexity index is 281. The van der Waals surface area contributed by atoms with Crippen LogP contribution in [0.3, 0.4) is 0 Å². The minimum absolute atomic E-state index is 0.0528. The van der Waals surface area contributed by atoms with Crippen molar-refractivity contribution in [2.24, 2.45) is 5.92 Å². The third kappa shape index (κ3) is 4.00. The molecule has 1 unspecified atom stereocenters. The van der Waals surface area contributed by atoms with Crippen molar-refractivity contribution < 1.29 is 14.7 Å². The molecule has 0 bridgehead atoms. The average Bonchev–Trinajstić information content (AvgIpc) is 2.64. The van der Waals surface area contributed by atoms with E-state index in [2.05, 4.69) is 0 Å². The third-order valence-corrected chi connectivity index (χ3v) is 3.22. The molecular weight excluding hydrogens is 220 g/mol. The molecule has 1 rings (SSSR count). The predicted octanol–water partition coefficient (Wildman–Crippen LogP) is 0.0857. The molecule has 0 radical (unpaired) electrons. The normalized spacial score (nSPS) is 19.8. The van der Waals surface area contributed by atoms with E-state index >= 15 is 0 Å². The van der Waals surface area contributed by atoms with Crippen molar-refractivity contribution in [2.75, 3.05) is 33.8 Å². The lowest BCUT2D eigenvalue weighted by Gasteiger charge is -2.20. The number of carbonyl (C=O) groups is 2. The Morgan fingerprint density at radius 1 is 1.47 bits per heavy atom. The summed E-state index contributed by atoms with van der Waals surface area (Å²) in [6, 6.07) is 0. The van der Waals surface area contributed by atoms with E-state index in [1.54, 1.807) is 23.9 Å². The van der Waals surface area contributed by atoms with Crippen molar-refractivity contribution in [3.63, 3.8) is 0 Å². The minimum Gasteiger partial charge on any atom is -0.396 e. The SMILES string of the molecule is CN1CC(C(=O)N(C)CCCCCO)CC1=O. The van der Waals surface area contributed by atoms with Crippen molar-refractivity contribution in [2.45, 2.75) is 25.7 Å². The maximum atomic E-state index is 12.0. The highest BCUT2D eigenvalue weighted by molar-refractivity contribution is 5.89. The van der Waals surface area contributed by atoms with Gasteiger partial charge in [0.05, 0.1) is 5.92 Å². The molecule has 5 nitrogen and oxygen atoms in total. The van der Waals surface area contributed by atoms with Gasteiger partial charge in [-0.05, 0) is 19.3 Å². The Morgan fingerprint density at radius 2 is 2.18 bits per heavy atom. The summed E-state index contributed by atoms with van der Waals surface area (Å²) in [4.78, 5) is 26.7. The van der Waals surface area contributed by atoms with Gasteiger partial charge in [0.2, 0.25) is 11.8 Å². The van der Waals surface area contributed by atoms with Crippen LogP contribution >= 0.6 is 0 Å². The van der Waals surface area contributed by atoms with Gasteiger partial charge in [0, 0.05) is 40.2 Å². The summed E-state index contributed by atoms with van der Waals surface area (Å²) < 4.78 is 0. The lowest BCUT2D eigenvalue weighted by Crippen LogP contribution is -2.34. The molecular formula is C12H22N2O3. The van der Waals surface area contributed by atoms with Crippen molar-refractivity contribution in [3.05, 3.63) is 0 Å². The number of unbranched alkanes of at least 4 members (excludes halogenated alkanes) is 2. The Balaban J connectivity index is 2.29. The fourth-order valence-electron chi connectivity index (χ4n) is 2.09. The summed E-state index contributed by atoms with van der Waals surface area (Å²) >= 11 is 0. The van der Waals surface area contributed by atoms with Gasteiger partial charge in [0.15, 0.2) is 0 Å². The Labute approximate surface area is 102 Å². The van der Waals surface area contributed by atoms with E-state index < -0.39 is 0 Å². The van der Waals surface area contributed by atoms with E-state index in [4.69, 9.17) is 5.11 Å². The molecule has 1 aliphatic rings. The molecule has 2 amide bonds. The summed E-state index contributed by atoms with van der Waals surface area (Å²) in [6.45, 7) is 1.45. The first-order chi connectivity index (χ1) is 8.06. The number of hydrogen-bond acceptors (Lipinski definition) is 3. The van der Waals surface area contributed by atoms with Gasteiger partial charge in [0.1, 0.15) is 0 Å². The van der Waals surface area contributed by atoms with Crippen LogP contribution in [0.2, 0.25) is 0 Å². The van der Waals surface area contributed by atoms with Crippen LogP contribution < -0.4 is 0 Å². The van der Waals surface area contributed by atoms with Crippen LogP contribution in [-0.2, 0) is 9.59 Å². The van der Waals surface area contributed by atoms with Crippen LogP contribution in [0.25, 0.3) is 0 Å². The summed E-state index contributed by atoms with van der Waals surface area (Å²) in [6.07, 6.45) is 2.96. The zero-order valence-corrected chi connectivity index (χ0v) is 10.7. The molecule has 0 aliphatic carbocycles. The van der Waals surface area contributed by atoms with Crippen LogP contribution in [0, 0.1) is 5.92 Å². The molecule has 0 aromatic heterocycles. The number of amides is 2. The Hall–Kier alpha value is -1.10. The number of hydrogen-bond donors (Lipinski definition) is 1. The van der Waals surface area contributed by atoms with Crippen molar-refractivity contribution >= 4 is 11.8 Å². The zero-order chi connectivity index (χ0) is 12.8. The van der Waals surface area contributed by atoms with E-state index in [0.29, 0.717) is 19.5 Å². The number of carbonyl (C=O) groups excluding carboxylic acids is 2. The lowest BCUT2D eigenvalue weighted by atomic mass is 10.1. The second-order valence-electron chi connectivity index (χ2n) is 4.72. The van der Waals surface area contributed by atoms with Gasteiger partial charge in [-0.1, -0.05) is 0 Å². The first kappa shape index (κ1) is 14.0. The topological polar surface area (TPSA) is 60.9 Å². The van der Waals surface area contributed by atoms with Gasteiger partial charge in [-0.15, -0.1) is 0 Å². The maximum absolute atomic E-state index is 12.0. The quantitative estimate of drug-likeness (QED) is 0.671. The molecule has 1 aliphatic heterocycles. The molecule has 1 saturated heterocycles. The van der Waals surface area contributed by atoms with Crippen LogP contribution in [0.5, 0.6) is 0 Å². The minimum atomic E-state index is -0.171. The van der Waals surface area contributed by atoms with Gasteiger partial charge >= 0.3 is 0 Å². The van der Waals surface area contributed by atoms with Crippen molar-refractivity contribution in [1.29, 1.82) is 0 Å². The Kier molecular flexibility index (Phi) is 5.41. The first-order valence-electron chi connectivity index (χ1n) is 6.16. The predicted molar refractivity (Wildman–Crippen MR) is 64.3 cm³/mol. The fraction of sp³-hybridized carbons (Fsp3) is 0.833. The molecule has 5 heteroatoms. The smallest absolute Gasteiger partial charge is 0.227 e. The molecule has 1 atom stereocenters. The van der Waals surface area contributed by atoms with Crippen LogP contribution in [0.1, 0.15) is 25.7 Å². The zero-order valence-electron chi connectivity index (χ0n) is 10.7. The summed E-state index contributed by atoms with van der Waals surface area (Å²) in [5.41, 5.74) is 0. The van der Waals surface area contributed by atoms with Crippen LogP contribution in [0.4, 0.5) is 0 Å². The molecule has 17 heavy (non-hydrogen) atoms. The average molecular weight is 242 g/mol. The van der Waals surface area contributed by atoms with E-state index in [0.717, 1.165) is 19.3 Å². The summed E-state index contributed by atoms with van der Waals surface area (Å²) in [7, 11) is 3.51. The van der Waals surface area contributed by atoms with Crippen molar-refractivity contribution in [1.82, 2.24) is 9.80 Å². The highest BCUT2D eigenvalue weighted by Gasteiger charge is 2.33. The van der Waals surface area contributed by atoms with Gasteiger partial charge in [-0.2, -0.15) is 0 Å². The number of rotatable bonds is 6. The standard InChI is InChI=1S/C12H22N2O3/c1-13(6-4-3-5-7-15)12(17)10-8-11(16)14(2)9-10/h10,15H,3-9H2,1-2H3. The second-order valence-corrected chi connectivity index (χ2v) is 4.72. The highest BCUT2D eigenvalue weighted by Crippen LogP contribution is 2.18. The lowest BCUT2D eigenvalue weighted by molar-refractivity contribution is -0.134. The van der Waals surface area contributed by atoms with Gasteiger partial charge in [-0.25, -0.2) is 0 Å². The molecule has 1 N–H and O–H groups in total. The largest absolute Gasteiger partial charge is 0.396 e. The summed E-state index contributed by atoms with van der Waals surface area (Å²) in [5, 5.41) is 8.65. The van der Waals surface area contributed by atoms with E-state index in [1.165, 1.54) is 0 Å². The number of aliphatic hydroxyl groups excluding tert-OH is 1. The number of aliphatic hydroxyl groups is 1. The molecule has 1 fully saturated rings. The highest BCUT2D eigenvalue weighted by atomic mass is 16.3. The Morgan fingerprint density at radius 3 is 2.71 bits per heavy atom. The monoisotopic (exact) mass is 242 g/mol. The van der Waals surface area contributed by atoms with Gasteiger partial charge in [0.25, 0.3) is 0 Å². The van der Waals surface area contributed by atoms with E-state index in [1.807, 2.05) is 0 Å². The molecule has 0 aromatic rings. The van der Waals surface area contributed by atoms with Gasteiger partial charge < -0.3 is 14.9 Å². The van der Waals surface area contributed by atoms with Crippen LogP contribution in [0.15, 0.2) is 0 Å². The van der Waals surface area contributed by atoms with Crippen LogP contribution in [-0.4, -0.2) is 60.5 Å². The molecule has 0 spiro atoms. The molecule has 98 valence electrons. The van der Waals surface area contributed by atoms with E-state index in [-0.39, 0.29) is 24.3 Å². The first-order valence-corrected chi connectivity index (χ1v) is 6.16. The number of likely N-dealkylation sites (tertiary alicyclic amines) is 1. The molecule has 0 saturated carbocycles.